The van der Waals surface area contributed by atoms with Gasteiger partial charge in [0.05, 0.1) is 17.6 Å². The molecule has 8 aromatic carbocycles. The van der Waals surface area contributed by atoms with Crippen LogP contribution in [0, 0.1) is 6.57 Å². The summed E-state index contributed by atoms with van der Waals surface area (Å²) in [6, 6.07) is 69.4. The minimum absolute atomic E-state index is 0.239. The van der Waals surface area contributed by atoms with Crippen LogP contribution in [0.4, 0.5) is 22.7 Å². The summed E-state index contributed by atoms with van der Waals surface area (Å²) >= 11 is 0. The van der Waals surface area contributed by atoms with Crippen molar-refractivity contribution in [2.75, 3.05) is 4.90 Å². The molecular formula is C51H35N3. The molecule has 0 radical (unpaired) electrons. The highest BCUT2D eigenvalue weighted by atomic mass is 15.1. The van der Waals surface area contributed by atoms with Gasteiger partial charge >= 0.3 is 0 Å². The maximum Gasteiger partial charge on any atom is 0.188 e. The van der Waals surface area contributed by atoms with Crippen molar-refractivity contribution >= 4 is 44.6 Å². The number of nitrogens with zero attached hydrogens (tertiary/aromatic N) is 3. The summed E-state index contributed by atoms with van der Waals surface area (Å²) in [6.07, 6.45) is 0. The number of anilines is 3. The molecule has 0 N–H and O–H groups in total. The zero-order valence-corrected chi connectivity index (χ0v) is 29.8. The van der Waals surface area contributed by atoms with Gasteiger partial charge in [0.15, 0.2) is 5.69 Å². The molecule has 1 aliphatic rings. The monoisotopic (exact) mass is 689 g/mol. The SMILES string of the molecule is [C-]#[N+]c1ccc2c(c1)c1cc(-c3ccc(N(c4ccccc4)c4ccc(C5(C)c6ccccc6-c6ccccc65)cc4)cc3)ccc1n2-c1ccccc1. The first-order valence-corrected chi connectivity index (χ1v) is 18.4. The summed E-state index contributed by atoms with van der Waals surface area (Å²) in [5.41, 5.74) is 15.9. The Balaban J connectivity index is 1.04. The van der Waals surface area contributed by atoms with Crippen LogP contribution in [0.5, 0.6) is 0 Å². The highest BCUT2D eigenvalue weighted by Gasteiger charge is 2.40. The lowest BCUT2D eigenvalue weighted by Crippen LogP contribution is -2.22. The van der Waals surface area contributed by atoms with Crippen molar-refractivity contribution in [3.05, 3.63) is 222 Å². The summed E-state index contributed by atoms with van der Waals surface area (Å²) in [5.74, 6) is 0. The summed E-state index contributed by atoms with van der Waals surface area (Å²) in [7, 11) is 0. The second-order valence-corrected chi connectivity index (χ2v) is 14.2. The van der Waals surface area contributed by atoms with E-state index in [-0.39, 0.29) is 5.41 Å². The van der Waals surface area contributed by atoms with E-state index in [1.807, 2.05) is 18.2 Å². The van der Waals surface area contributed by atoms with Gasteiger partial charge in [0.2, 0.25) is 0 Å². The van der Waals surface area contributed by atoms with Gasteiger partial charge < -0.3 is 9.47 Å². The van der Waals surface area contributed by atoms with Crippen molar-refractivity contribution < 1.29 is 0 Å². The van der Waals surface area contributed by atoms with E-state index in [4.69, 9.17) is 6.57 Å². The maximum absolute atomic E-state index is 7.68. The molecule has 0 atom stereocenters. The number of para-hydroxylation sites is 2. The Bertz CT molecular complexity index is 2830. The Labute approximate surface area is 315 Å². The molecule has 0 aliphatic heterocycles. The van der Waals surface area contributed by atoms with Gasteiger partial charge in [0.1, 0.15) is 0 Å². The van der Waals surface area contributed by atoms with Gasteiger partial charge in [-0.3, -0.25) is 0 Å². The van der Waals surface area contributed by atoms with Gasteiger partial charge in [-0.15, -0.1) is 0 Å². The summed E-state index contributed by atoms with van der Waals surface area (Å²) in [6.45, 7) is 10.0. The first-order chi connectivity index (χ1) is 26.6. The lowest BCUT2D eigenvalue weighted by molar-refractivity contribution is 0.714. The zero-order valence-electron chi connectivity index (χ0n) is 29.8. The van der Waals surface area contributed by atoms with E-state index < -0.39 is 0 Å². The molecule has 0 saturated carbocycles. The first kappa shape index (κ1) is 31.6. The van der Waals surface area contributed by atoms with Crippen LogP contribution in [-0.4, -0.2) is 4.57 Å². The van der Waals surface area contributed by atoms with Crippen LogP contribution in [0.2, 0.25) is 0 Å². The van der Waals surface area contributed by atoms with Gasteiger partial charge in [0.25, 0.3) is 0 Å². The van der Waals surface area contributed by atoms with E-state index in [1.54, 1.807) is 0 Å². The quantitative estimate of drug-likeness (QED) is 0.158. The second kappa shape index (κ2) is 12.5. The van der Waals surface area contributed by atoms with E-state index >= 15 is 0 Å². The predicted octanol–water partition coefficient (Wildman–Crippen LogP) is 13.8. The average Bonchev–Trinajstić information content (AvgIpc) is 3.71. The van der Waals surface area contributed by atoms with Gasteiger partial charge in [-0.1, -0.05) is 121 Å². The highest BCUT2D eigenvalue weighted by Crippen LogP contribution is 2.52. The molecule has 254 valence electrons. The molecule has 0 amide bonds. The van der Waals surface area contributed by atoms with Crippen molar-refractivity contribution in [3.8, 4) is 27.9 Å². The van der Waals surface area contributed by atoms with Gasteiger partial charge in [-0.2, -0.15) is 0 Å². The molecule has 10 rings (SSSR count). The van der Waals surface area contributed by atoms with Crippen LogP contribution >= 0.6 is 0 Å². The van der Waals surface area contributed by atoms with E-state index in [0.29, 0.717) is 5.69 Å². The van der Waals surface area contributed by atoms with E-state index in [0.717, 1.165) is 55.7 Å². The largest absolute Gasteiger partial charge is 0.311 e. The third-order valence-corrected chi connectivity index (χ3v) is 11.3. The summed E-state index contributed by atoms with van der Waals surface area (Å²) in [5, 5.41) is 2.21. The number of aromatic nitrogens is 1. The van der Waals surface area contributed by atoms with Crippen LogP contribution in [0.25, 0.3) is 54.6 Å². The Morgan fingerprint density at radius 3 is 1.61 bits per heavy atom. The third kappa shape index (κ3) is 4.89. The van der Waals surface area contributed by atoms with Gasteiger partial charge in [0, 0.05) is 33.6 Å². The molecule has 0 spiro atoms. The molecule has 54 heavy (non-hydrogen) atoms. The smallest absolute Gasteiger partial charge is 0.188 e. The number of rotatable bonds is 6. The van der Waals surface area contributed by atoms with Crippen molar-refractivity contribution in [2.45, 2.75) is 12.3 Å². The molecule has 1 heterocycles. The molecule has 1 aliphatic carbocycles. The summed E-state index contributed by atoms with van der Waals surface area (Å²) in [4.78, 5) is 6.08. The number of hydrogen-bond acceptors (Lipinski definition) is 1. The normalized spacial score (nSPS) is 12.7. The predicted molar refractivity (Wildman–Crippen MR) is 225 cm³/mol. The number of hydrogen-bond donors (Lipinski definition) is 0. The maximum atomic E-state index is 7.68. The van der Waals surface area contributed by atoms with Crippen molar-refractivity contribution in [1.29, 1.82) is 0 Å². The van der Waals surface area contributed by atoms with Crippen LogP contribution in [0.1, 0.15) is 23.6 Å². The highest BCUT2D eigenvalue weighted by molar-refractivity contribution is 6.11. The molecule has 0 unspecified atom stereocenters. The molecule has 0 bridgehead atoms. The molecule has 1 aromatic heterocycles. The average molecular weight is 690 g/mol. The van der Waals surface area contributed by atoms with Crippen LogP contribution < -0.4 is 4.90 Å². The minimum Gasteiger partial charge on any atom is -0.311 e. The second-order valence-electron chi connectivity index (χ2n) is 14.2. The minimum atomic E-state index is -0.239. The fourth-order valence-corrected chi connectivity index (χ4v) is 8.65. The van der Waals surface area contributed by atoms with Gasteiger partial charge in [-0.25, -0.2) is 4.85 Å². The molecule has 9 aromatic rings. The van der Waals surface area contributed by atoms with Crippen LogP contribution in [0.3, 0.4) is 0 Å². The Morgan fingerprint density at radius 2 is 0.981 bits per heavy atom. The van der Waals surface area contributed by atoms with Crippen molar-refractivity contribution in [1.82, 2.24) is 4.57 Å². The zero-order chi connectivity index (χ0) is 36.2. The third-order valence-electron chi connectivity index (χ3n) is 11.3. The molecule has 3 heteroatoms. The molecular weight excluding hydrogens is 655 g/mol. The molecule has 0 saturated heterocycles. The Kier molecular flexibility index (Phi) is 7.32. The van der Waals surface area contributed by atoms with E-state index in [9.17, 15) is 0 Å². The number of benzene rings is 8. The standard InChI is InChI=1S/C51H35N3/c1-51(47-19-11-9-17-43(47)44-18-10-12-20-48(44)51)37-24-29-42(30-25-37)53(39-13-5-3-6-14-39)41-27-21-35(22-28-41)36-23-31-49-45(33-36)46-34-38(52-2)26-32-50(46)54(49)40-15-7-4-8-16-40/h3-34H,1H3. The van der Waals surface area contributed by atoms with Crippen LogP contribution in [-0.2, 0) is 5.41 Å². The van der Waals surface area contributed by atoms with Crippen molar-refractivity contribution in [3.63, 3.8) is 0 Å². The lowest BCUT2D eigenvalue weighted by Gasteiger charge is -2.30. The summed E-state index contributed by atoms with van der Waals surface area (Å²) < 4.78 is 2.29. The lowest BCUT2D eigenvalue weighted by atomic mass is 9.74. The fraction of sp³-hybridized carbons (Fsp3) is 0.0392. The van der Waals surface area contributed by atoms with Gasteiger partial charge in [-0.05, 0) is 124 Å². The van der Waals surface area contributed by atoms with E-state index in [1.165, 1.54) is 27.8 Å². The van der Waals surface area contributed by atoms with Crippen molar-refractivity contribution in [2.24, 2.45) is 0 Å². The Morgan fingerprint density at radius 1 is 0.481 bits per heavy atom. The number of fused-ring (bicyclic) bond motifs is 6. The van der Waals surface area contributed by atoms with Crippen LogP contribution in [0.15, 0.2) is 194 Å². The molecule has 0 fully saturated rings. The fourth-order valence-electron chi connectivity index (χ4n) is 8.65. The van der Waals surface area contributed by atoms with E-state index in [2.05, 4.69) is 197 Å². The Hall–Kier alpha value is -7.15. The molecule has 3 nitrogen and oxygen atoms in total. The first-order valence-electron chi connectivity index (χ1n) is 18.4. The topological polar surface area (TPSA) is 12.5 Å².